The van der Waals surface area contributed by atoms with Crippen LogP contribution in [0.2, 0.25) is 0 Å². The molecule has 0 N–H and O–H groups in total. The fraction of sp³-hybridized carbons (Fsp3) is 0.800. The van der Waals surface area contributed by atoms with Crippen molar-refractivity contribution in [1.82, 2.24) is 4.90 Å². The molecule has 0 aromatic carbocycles. The number of likely N-dealkylation sites (tertiary alicyclic amines) is 1. The zero-order chi connectivity index (χ0) is 10.4. The highest BCUT2D eigenvalue weighted by molar-refractivity contribution is 5.72. The van der Waals surface area contributed by atoms with Crippen molar-refractivity contribution in [1.29, 1.82) is 0 Å². The number of carbonyl (C=O) groups is 2. The summed E-state index contributed by atoms with van der Waals surface area (Å²) in [6, 6.07) is 0. The Balaban J connectivity index is 2.21. The summed E-state index contributed by atoms with van der Waals surface area (Å²) in [5.74, 6) is -0.252. The van der Waals surface area contributed by atoms with Crippen molar-refractivity contribution in [2.45, 2.75) is 31.8 Å². The van der Waals surface area contributed by atoms with Crippen LogP contribution in [0.25, 0.3) is 0 Å². The smallest absolute Gasteiger partial charge is 0.306 e. The summed E-state index contributed by atoms with van der Waals surface area (Å²) in [6.07, 6.45) is 3.26. The number of rotatable bonds is 4. The zero-order valence-electron chi connectivity index (χ0n) is 8.57. The maximum absolute atomic E-state index is 11.2. The van der Waals surface area contributed by atoms with Crippen molar-refractivity contribution in [2.24, 2.45) is 0 Å². The molecule has 0 aromatic heterocycles. The second-order valence-electron chi connectivity index (χ2n) is 3.72. The van der Waals surface area contributed by atoms with Crippen molar-refractivity contribution in [2.75, 3.05) is 20.1 Å². The van der Waals surface area contributed by atoms with E-state index in [9.17, 15) is 9.59 Å². The molecule has 0 spiro atoms. The minimum atomic E-state index is -0.252. The van der Waals surface area contributed by atoms with Crippen LogP contribution < -0.4 is 0 Å². The van der Waals surface area contributed by atoms with Crippen LogP contribution in [0.1, 0.15) is 25.7 Å². The topological polar surface area (TPSA) is 46.6 Å². The molecule has 0 saturated carbocycles. The third-order valence-corrected chi connectivity index (χ3v) is 2.35. The molecule has 1 atom stereocenters. The number of hydrogen-bond acceptors (Lipinski definition) is 4. The molecule has 4 heteroatoms. The Kier molecular flexibility index (Phi) is 4.59. The Labute approximate surface area is 84.2 Å². The quantitative estimate of drug-likeness (QED) is 0.491. The Hall–Kier alpha value is -0.900. The highest BCUT2D eigenvalue weighted by Gasteiger charge is 2.20. The monoisotopic (exact) mass is 199 g/mol. The Morgan fingerprint density at radius 2 is 2.43 bits per heavy atom. The van der Waals surface area contributed by atoms with E-state index in [0.717, 1.165) is 32.2 Å². The van der Waals surface area contributed by atoms with E-state index in [1.807, 2.05) is 7.05 Å². The van der Waals surface area contributed by atoms with Crippen LogP contribution in [0.15, 0.2) is 0 Å². The maximum Gasteiger partial charge on any atom is 0.306 e. The van der Waals surface area contributed by atoms with Crippen LogP contribution in [0.4, 0.5) is 0 Å². The van der Waals surface area contributed by atoms with Gasteiger partial charge in [-0.1, -0.05) is 0 Å². The van der Waals surface area contributed by atoms with Crippen LogP contribution in [0, 0.1) is 0 Å². The van der Waals surface area contributed by atoms with Crippen LogP contribution in [-0.4, -0.2) is 43.4 Å². The summed E-state index contributed by atoms with van der Waals surface area (Å²) >= 11 is 0. The number of piperidine rings is 1. The Bertz CT molecular complexity index is 206. The first-order valence-corrected chi connectivity index (χ1v) is 5.04. The highest BCUT2D eigenvalue weighted by atomic mass is 16.5. The number of carbonyl (C=O) groups excluding carboxylic acids is 2. The second-order valence-corrected chi connectivity index (χ2v) is 3.72. The summed E-state index contributed by atoms with van der Waals surface area (Å²) in [5.41, 5.74) is 0. The van der Waals surface area contributed by atoms with E-state index in [-0.39, 0.29) is 24.9 Å². The number of esters is 1. The molecule has 1 aliphatic heterocycles. The molecule has 1 aliphatic rings. The van der Waals surface area contributed by atoms with Crippen LogP contribution in [0.5, 0.6) is 0 Å². The van der Waals surface area contributed by atoms with E-state index in [1.165, 1.54) is 0 Å². The minimum absolute atomic E-state index is 0.0212. The van der Waals surface area contributed by atoms with Gasteiger partial charge in [-0.05, 0) is 26.4 Å². The number of hydrogen-bond donors (Lipinski definition) is 0. The van der Waals surface area contributed by atoms with Gasteiger partial charge in [-0.3, -0.25) is 4.79 Å². The van der Waals surface area contributed by atoms with E-state index in [0.29, 0.717) is 0 Å². The summed E-state index contributed by atoms with van der Waals surface area (Å²) < 4.78 is 5.22. The third-order valence-electron chi connectivity index (χ3n) is 2.35. The fourth-order valence-electron chi connectivity index (χ4n) is 1.64. The molecule has 0 bridgehead atoms. The average molecular weight is 199 g/mol. The Morgan fingerprint density at radius 3 is 3.07 bits per heavy atom. The minimum Gasteiger partial charge on any atom is -0.461 e. The molecule has 0 aliphatic carbocycles. The Morgan fingerprint density at radius 1 is 1.64 bits per heavy atom. The van der Waals surface area contributed by atoms with Crippen LogP contribution in [-0.2, 0) is 14.3 Å². The normalized spacial score (nSPS) is 23.1. The van der Waals surface area contributed by atoms with Gasteiger partial charge >= 0.3 is 5.97 Å². The molecule has 1 fully saturated rings. The van der Waals surface area contributed by atoms with Gasteiger partial charge in [-0.2, -0.15) is 0 Å². The van der Waals surface area contributed by atoms with Crippen molar-refractivity contribution >= 4 is 12.3 Å². The number of aldehydes is 1. The van der Waals surface area contributed by atoms with E-state index < -0.39 is 0 Å². The first-order valence-electron chi connectivity index (χ1n) is 5.04. The summed E-state index contributed by atoms with van der Waals surface area (Å²) in [5, 5.41) is 0. The highest BCUT2D eigenvalue weighted by Crippen LogP contribution is 2.12. The molecule has 1 heterocycles. The van der Waals surface area contributed by atoms with Gasteiger partial charge in [-0.25, -0.2) is 0 Å². The summed E-state index contributed by atoms with van der Waals surface area (Å²) in [6.45, 7) is 1.88. The first kappa shape index (κ1) is 11.2. The SMILES string of the molecule is CN1CCCC(OC(=O)CCC=O)C1. The van der Waals surface area contributed by atoms with Crippen LogP contribution >= 0.6 is 0 Å². The molecule has 0 aromatic rings. The van der Waals surface area contributed by atoms with E-state index in [1.54, 1.807) is 0 Å². The van der Waals surface area contributed by atoms with E-state index in [2.05, 4.69) is 4.90 Å². The van der Waals surface area contributed by atoms with Gasteiger partial charge in [0, 0.05) is 13.0 Å². The first-order chi connectivity index (χ1) is 6.72. The van der Waals surface area contributed by atoms with Crippen molar-refractivity contribution in [3.63, 3.8) is 0 Å². The lowest BCUT2D eigenvalue weighted by Gasteiger charge is -2.29. The van der Waals surface area contributed by atoms with Crippen molar-refractivity contribution in [3.05, 3.63) is 0 Å². The van der Waals surface area contributed by atoms with Crippen molar-refractivity contribution < 1.29 is 14.3 Å². The lowest BCUT2D eigenvalue weighted by atomic mass is 10.1. The number of nitrogens with zero attached hydrogens (tertiary/aromatic N) is 1. The van der Waals surface area contributed by atoms with Crippen LogP contribution in [0.3, 0.4) is 0 Å². The molecule has 14 heavy (non-hydrogen) atoms. The fourth-order valence-corrected chi connectivity index (χ4v) is 1.64. The third kappa shape index (κ3) is 3.87. The van der Waals surface area contributed by atoms with Crippen molar-refractivity contribution in [3.8, 4) is 0 Å². The molecule has 1 unspecified atom stereocenters. The van der Waals surface area contributed by atoms with Gasteiger partial charge in [0.05, 0.1) is 6.42 Å². The van der Waals surface area contributed by atoms with Gasteiger partial charge in [0.1, 0.15) is 12.4 Å². The molecule has 0 amide bonds. The molecule has 0 radical (unpaired) electrons. The van der Waals surface area contributed by atoms with Gasteiger partial charge in [0.25, 0.3) is 0 Å². The number of likely N-dealkylation sites (N-methyl/N-ethyl adjacent to an activating group) is 1. The maximum atomic E-state index is 11.2. The summed E-state index contributed by atoms with van der Waals surface area (Å²) in [7, 11) is 2.02. The van der Waals surface area contributed by atoms with Gasteiger partial charge in [0.2, 0.25) is 0 Å². The predicted octanol–water partition coefficient (Wildman–Crippen LogP) is 0.603. The van der Waals surface area contributed by atoms with Gasteiger partial charge in [-0.15, -0.1) is 0 Å². The predicted molar refractivity (Wildman–Crippen MR) is 51.9 cm³/mol. The van der Waals surface area contributed by atoms with E-state index in [4.69, 9.17) is 4.74 Å². The largest absolute Gasteiger partial charge is 0.461 e. The van der Waals surface area contributed by atoms with Gasteiger partial charge in [0.15, 0.2) is 0 Å². The standard InChI is InChI=1S/C10H17NO3/c1-11-6-2-4-9(8-11)14-10(13)5-3-7-12/h7,9H,2-6,8H2,1H3. The average Bonchev–Trinajstić information content (AvgIpc) is 2.15. The van der Waals surface area contributed by atoms with E-state index >= 15 is 0 Å². The lowest BCUT2D eigenvalue weighted by molar-refractivity contribution is -0.151. The molecule has 80 valence electrons. The molecular weight excluding hydrogens is 182 g/mol. The zero-order valence-corrected chi connectivity index (χ0v) is 8.57. The van der Waals surface area contributed by atoms with Gasteiger partial charge < -0.3 is 14.4 Å². The number of ether oxygens (including phenoxy) is 1. The molecular formula is C10H17NO3. The molecule has 1 rings (SSSR count). The molecule has 4 nitrogen and oxygen atoms in total. The lowest BCUT2D eigenvalue weighted by Crippen LogP contribution is -2.38. The molecule has 1 saturated heterocycles. The summed E-state index contributed by atoms with van der Waals surface area (Å²) in [4.78, 5) is 23.4. The second kappa shape index (κ2) is 5.75.